The number of hydrogen-bond acceptors (Lipinski definition) is 12. The van der Waals surface area contributed by atoms with Gasteiger partial charge in [0.25, 0.3) is 20.2 Å². The van der Waals surface area contributed by atoms with E-state index in [0.717, 1.165) is 49.0 Å². The first-order chi connectivity index (χ1) is 27.8. The Balaban J connectivity index is 1.97. The molecule has 59 heavy (non-hydrogen) atoms. The average molecular weight is 882 g/mol. The van der Waals surface area contributed by atoms with Crippen LogP contribution in [0.3, 0.4) is 0 Å². The maximum absolute atomic E-state index is 13.1. The molecule has 3 unspecified atom stereocenters. The van der Waals surface area contributed by atoms with Gasteiger partial charge in [0.2, 0.25) is 5.69 Å². The van der Waals surface area contributed by atoms with Gasteiger partial charge in [0.05, 0.1) is 42.3 Å². The first-order valence-electron chi connectivity index (χ1n) is 19.6. The van der Waals surface area contributed by atoms with Gasteiger partial charge in [-0.15, -0.1) is 0 Å². The molecule has 0 radical (unpaired) electrons. The van der Waals surface area contributed by atoms with Gasteiger partial charge in [0.1, 0.15) is 6.54 Å². The molecule has 0 aliphatic carbocycles. The third-order valence-electron chi connectivity index (χ3n) is 11.6. The van der Waals surface area contributed by atoms with E-state index in [-0.39, 0.29) is 23.5 Å². The number of carboxylic acids is 1. The molecule has 0 saturated carbocycles. The highest BCUT2D eigenvalue weighted by atomic mass is 32.2. The Morgan fingerprint density at radius 3 is 2.22 bits per heavy atom. The number of methoxy groups -OCH3 is 2. The number of unbranched alkanes of at least 4 members (excludes halogenated alkanes) is 2. The van der Waals surface area contributed by atoms with E-state index >= 15 is 0 Å². The highest BCUT2D eigenvalue weighted by Crippen LogP contribution is 2.54. The Labute approximate surface area is 353 Å². The molecule has 0 fully saturated rings. The minimum Gasteiger partial charge on any atom is -0.481 e. The van der Waals surface area contributed by atoms with E-state index in [2.05, 4.69) is 36.3 Å². The molecular formula is C42H61N2O12S3+. The quantitative estimate of drug-likeness (QED) is 0.0687. The van der Waals surface area contributed by atoms with E-state index < -0.39 is 53.7 Å². The third-order valence-corrected chi connectivity index (χ3v) is 15.1. The van der Waals surface area contributed by atoms with Crippen LogP contribution in [0.1, 0.15) is 90.2 Å². The summed E-state index contributed by atoms with van der Waals surface area (Å²) in [5.41, 5.74) is 3.15. The van der Waals surface area contributed by atoms with Gasteiger partial charge in [-0.25, -0.2) is 4.21 Å². The standard InChI is InChI=1S/C42H60N2O12S3/c1-40(2,23-26-52-5)44-36-21-19-32(59(50,51)56-9)30-34(36)41(3,22-14-28-58(48,49)55-8)38(44)16-13-15-37-42(4,24-27-53-6)33-29-31(57(47)54-7)18-20-35(33)43(37)25-12-10-11-17-39(45)46/h13,15-16,18-21,29-30H,10-12,14,17,22-28H2,1-9H3/p+1. The number of rotatable bonds is 24. The highest BCUT2D eigenvalue weighted by molar-refractivity contribution is 7.87. The van der Waals surface area contributed by atoms with Crippen molar-refractivity contribution >= 4 is 54.4 Å². The van der Waals surface area contributed by atoms with E-state index in [4.69, 9.17) is 22.0 Å². The van der Waals surface area contributed by atoms with Crippen molar-refractivity contribution in [3.8, 4) is 0 Å². The molecule has 0 aromatic heterocycles. The Morgan fingerprint density at radius 2 is 1.59 bits per heavy atom. The summed E-state index contributed by atoms with van der Waals surface area (Å²) in [4.78, 5) is 14.0. The number of carboxylic acid groups (broad SMARTS) is 1. The molecule has 17 heteroatoms. The molecule has 2 heterocycles. The number of hydrogen-bond donors (Lipinski definition) is 1. The Morgan fingerprint density at radius 1 is 0.881 bits per heavy atom. The van der Waals surface area contributed by atoms with Crippen LogP contribution in [0.5, 0.6) is 0 Å². The van der Waals surface area contributed by atoms with Crippen molar-refractivity contribution in [3.63, 3.8) is 0 Å². The van der Waals surface area contributed by atoms with Crippen molar-refractivity contribution in [1.29, 1.82) is 0 Å². The predicted molar refractivity (Wildman–Crippen MR) is 228 cm³/mol. The SMILES string of the molecule is COCCC1(C)C(/C=C/C=C2/N(C(C)(C)CCOC)c3ccc(S(=O)(=O)OC)cc3C2(C)CCCS(=O)(=O)OC)=[N+](CCCCCC(=O)O)c2ccc(S(=O)OC)cc21. The van der Waals surface area contributed by atoms with E-state index in [0.29, 0.717) is 62.3 Å². The first-order valence-corrected chi connectivity index (χ1v) is 23.7. The summed E-state index contributed by atoms with van der Waals surface area (Å²) < 4.78 is 92.3. The first kappa shape index (κ1) is 48.4. The summed E-state index contributed by atoms with van der Waals surface area (Å²) in [5.74, 6) is -1.06. The molecule has 1 N–H and O–H groups in total. The summed E-state index contributed by atoms with van der Waals surface area (Å²) in [6.07, 6.45) is 9.91. The van der Waals surface area contributed by atoms with E-state index in [9.17, 15) is 30.9 Å². The van der Waals surface area contributed by atoms with Gasteiger partial charge in [-0.3, -0.25) is 17.3 Å². The van der Waals surface area contributed by atoms with Crippen LogP contribution in [-0.4, -0.2) is 109 Å². The summed E-state index contributed by atoms with van der Waals surface area (Å²) in [6.45, 7) is 9.80. The van der Waals surface area contributed by atoms with Gasteiger partial charge in [0.15, 0.2) is 16.8 Å². The van der Waals surface area contributed by atoms with Crippen molar-refractivity contribution in [2.45, 2.75) is 105 Å². The number of nitrogens with zero attached hydrogens (tertiary/aromatic N) is 2. The molecule has 2 aliphatic rings. The Kier molecular flexibility index (Phi) is 16.4. The fourth-order valence-corrected chi connectivity index (χ4v) is 10.2. The number of fused-ring (bicyclic) bond motifs is 2. The molecule has 2 aromatic rings. The van der Waals surface area contributed by atoms with Gasteiger partial charge >= 0.3 is 5.97 Å². The zero-order valence-electron chi connectivity index (χ0n) is 35.7. The van der Waals surface area contributed by atoms with Crippen LogP contribution in [0.2, 0.25) is 0 Å². The van der Waals surface area contributed by atoms with E-state index in [1.54, 1.807) is 32.4 Å². The molecule has 3 atom stereocenters. The molecule has 14 nitrogen and oxygen atoms in total. The summed E-state index contributed by atoms with van der Waals surface area (Å²) in [5, 5.41) is 9.24. The van der Waals surface area contributed by atoms with Crippen LogP contribution in [0.4, 0.5) is 11.4 Å². The second-order valence-electron chi connectivity index (χ2n) is 15.9. The maximum atomic E-state index is 13.1. The average Bonchev–Trinajstić information content (AvgIpc) is 3.59. The lowest BCUT2D eigenvalue weighted by Crippen LogP contribution is -2.45. The molecule has 2 aliphatic heterocycles. The second-order valence-corrected chi connectivity index (χ2v) is 20.7. The number of benzene rings is 2. The lowest BCUT2D eigenvalue weighted by atomic mass is 9.76. The van der Waals surface area contributed by atoms with Gasteiger partial charge < -0.3 is 19.5 Å². The minimum atomic E-state index is -4.07. The van der Waals surface area contributed by atoms with Crippen molar-refractivity contribution in [3.05, 3.63) is 71.5 Å². The van der Waals surface area contributed by atoms with Crippen molar-refractivity contribution in [2.75, 3.05) is 66.0 Å². The van der Waals surface area contributed by atoms with Gasteiger partial charge in [-0.05, 0) is 108 Å². The van der Waals surface area contributed by atoms with E-state index in [1.165, 1.54) is 13.2 Å². The summed E-state index contributed by atoms with van der Waals surface area (Å²) >= 11 is -1.67. The summed E-state index contributed by atoms with van der Waals surface area (Å²) in [7, 11) is -0.921. The number of ether oxygens (including phenoxy) is 2. The predicted octanol–water partition coefficient (Wildman–Crippen LogP) is 6.52. The molecule has 0 bridgehead atoms. The van der Waals surface area contributed by atoms with Crippen LogP contribution in [0.25, 0.3) is 0 Å². The van der Waals surface area contributed by atoms with E-state index in [1.807, 2.05) is 31.2 Å². The maximum Gasteiger partial charge on any atom is 0.303 e. The topological polar surface area (TPSA) is 175 Å². The fraction of sp³-hybridized carbons (Fsp3) is 0.571. The zero-order valence-corrected chi connectivity index (χ0v) is 38.2. The second kappa shape index (κ2) is 20.1. The minimum absolute atomic E-state index is 0.0121. The number of allylic oxidation sites excluding steroid dienone is 4. The summed E-state index contributed by atoms with van der Waals surface area (Å²) in [6, 6.07) is 10.6. The lowest BCUT2D eigenvalue weighted by molar-refractivity contribution is -0.438. The Bertz CT molecular complexity index is 2180. The van der Waals surface area contributed by atoms with Crippen LogP contribution in [0, 0.1) is 0 Å². The zero-order chi connectivity index (χ0) is 43.8. The molecular weight excluding hydrogens is 821 g/mol. The van der Waals surface area contributed by atoms with Crippen LogP contribution < -0.4 is 4.90 Å². The van der Waals surface area contributed by atoms with Crippen LogP contribution in [-0.2, 0) is 69.0 Å². The number of carbonyl (C=O) groups is 1. The van der Waals surface area contributed by atoms with Gasteiger partial charge in [0, 0.05) is 80.3 Å². The fourth-order valence-electron chi connectivity index (χ4n) is 8.24. The van der Waals surface area contributed by atoms with Crippen molar-refractivity contribution in [1.82, 2.24) is 0 Å². The molecule has 0 saturated heterocycles. The molecule has 0 spiro atoms. The Hall–Kier alpha value is -3.29. The highest BCUT2D eigenvalue weighted by Gasteiger charge is 2.50. The van der Waals surface area contributed by atoms with Crippen molar-refractivity contribution in [2.24, 2.45) is 0 Å². The molecule has 4 rings (SSSR count). The van der Waals surface area contributed by atoms with Crippen molar-refractivity contribution < 1.29 is 57.5 Å². The largest absolute Gasteiger partial charge is 0.481 e. The molecule has 2 aromatic carbocycles. The third kappa shape index (κ3) is 10.8. The monoisotopic (exact) mass is 881 g/mol. The van der Waals surface area contributed by atoms with Gasteiger partial charge in [-0.1, -0.05) is 6.08 Å². The van der Waals surface area contributed by atoms with Crippen LogP contribution >= 0.6 is 0 Å². The number of aliphatic carboxylic acids is 1. The smallest absolute Gasteiger partial charge is 0.303 e. The van der Waals surface area contributed by atoms with Gasteiger partial charge in [-0.2, -0.15) is 21.4 Å². The molecule has 328 valence electrons. The molecule has 0 amide bonds. The lowest BCUT2D eigenvalue weighted by Gasteiger charge is -2.41. The van der Waals surface area contributed by atoms with Crippen LogP contribution in [0.15, 0.2) is 70.1 Å². The number of anilines is 1. The normalized spacial score (nSPS) is 20.8.